The minimum atomic E-state index is -0.285. The van der Waals surface area contributed by atoms with Gasteiger partial charge in [-0.2, -0.15) is 0 Å². The first-order chi connectivity index (χ1) is 10.0. The van der Waals surface area contributed by atoms with E-state index < -0.39 is 0 Å². The van der Waals surface area contributed by atoms with E-state index >= 15 is 0 Å². The summed E-state index contributed by atoms with van der Waals surface area (Å²) in [6.07, 6.45) is 2.84. The summed E-state index contributed by atoms with van der Waals surface area (Å²) < 4.78 is 4.99. The SMILES string of the molecule is CCOC(=O)N1CCN(C(=O)C2C(C)CCCC2N)CC1. The van der Waals surface area contributed by atoms with Crippen LogP contribution in [0.4, 0.5) is 4.79 Å². The zero-order valence-corrected chi connectivity index (χ0v) is 13.1. The second-order valence-corrected chi connectivity index (χ2v) is 6.11. The lowest BCUT2D eigenvalue weighted by Gasteiger charge is -2.40. The molecule has 21 heavy (non-hydrogen) atoms. The third-order valence-electron chi connectivity index (χ3n) is 4.67. The second kappa shape index (κ2) is 7.11. The van der Waals surface area contributed by atoms with Crippen molar-refractivity contribution in [3.05, 3.63) is 0 Å². The van der Waals surface area contributed by atoms with Gasteiger partial charge in [-0.05, 0) is 25.7 Å². The van der Waals surface area contributed by atoms with E-state index in [0.717, 1.165) is 19.3 Å². The number of hydrogen-bond acceptors (Lipinski definition) is 4. The van der Waals surface area contributed by atoms with Crippen LogP contribution in [0.15, 0.2) is 0 Å². The number of hydrogen-bond donors (Lipinski definition) is 1. The predicted molar refractivity (Wildman–Crippen MR) is 79.7 cm³/mol. The van der Waals surface area contributed by atoms with Crippen LogP contribution >= 0.6 is 0 Å². The molecule has 2 N–H and O–H groups in total. The number of nitrogens with two attached hydrogens (primary N) is 1. The lowest BCUT2D eigenvalue weighted by molar-refractivity contribution is -0.140. The molecule has 2 aliphatic rings. The lowest BCUT2D eigenvalue weighted by Crippen LogP contribution is -2.55. The lowest BCUT2D eigenvalue weighted by atomic mass is 9.76. The Morgan fingerprint density at radius 2 is 1.76 bits per heavy atom. The van der Waals surface area contributed by atoms with Crippen molar-refractivity contribution in [3.63, 3.8) is 0 Å². The zero-order valence-electron chi connectivity index (χ0n) is 13.1. The zero-order chi connectivity index (χ0) is 15.4. The van der Waals surface area contributed by atoms with E-state index in [2.05, 4.69) is 6.92 Å². The van der Waals surface area contributed by atoms with E-state index in [0.29, 0.717) is 38.7 Å². The van der Waals surface area contributed by atoms with E-state index in [1.165, 1.54) is 0 Å². The Bertz CT molecular complexity index is 370. The van der Waals surface area contributed by atoms with Gasteiger partial charge in [-0.15, -0.1) is 0 Å². The number of carbonyl (C=O) groups excluding carboxylic acids is 2. The molecular formula is C15H27N3O3. The van der Waals surface area contributed by atoms with Gasteiger partial charge >= 0.3 is 6.09 Å². The molecule has 2 fully saturated rings. The number of rotatable bonds is 2. The average molecular weight is 297 g/mol. The number of amides is 2. The van der Waals surface area contributed by atoms with Gasteiger partial charge in [0.2, 0.25) is 5.91 Å². The molecule has 6 nitrogen and oxygen atoms in total. The fourth-order valence-corrected chi connectivity index (χ4v) is 3.42. The molecule has 0 aromatic carbocycles. The minimum Gasteiger partial charge on any atom is -0.450 e. The number of nitrogens with zero attached hydrogens (tertiary/aromatic N) is 2. The number of ether oxygens (including phenoxy) is 1. The summed E-state index contributed by atoms with van der Waals surface area (Å²) in [5.74, 6) is 0.454. The maximum Gasteiger partial charge on any atom is 0.409 e. The van der Waals surface area contributed by atoms with Crippen molar-refractivity contribution in [1.82, 2.24) is 9.80 Å². The molecule has 0 aromatic heterocycles. The van der Waals surface area contributed by atoms with Crippen LogP contribution in [0, 0.1) is 11.8 Å². The molecule has 1 aliphatic heterocycles. The Morgan fingerprint density at radius 1 is 1.14 bits per heavy atom. The van der Waals surface area contributed by atoms with Crippen LogP contribution in [0.1, 0.15) is 33.1 Å². The van der Waals surface area contributed by atoms with Crippen molar-refractivity contribution in [1.29, 1.82) is 0 Å². The fourth-order valence-electron chi connectivity index (χ4n) is 3.42. The van der Waals surface area contributed by atoms with Crippen LogP contribution in [-0.2, 0) is 9.53 Å². The highest BCUT2D eigenvalue weighted by molar-refractivity contribution is 5.80. The van der Waals surface area contributed by atoms with Gasteiger partial charge in [-0.3, -0.25) is 4.79 Å². The smallest absolute Gasteiger partial charge is 0.409 e. The Balaban J connectivity index is 1.89. The fraction of sp³-hybridized carbons (Fsp3) is 0.867. The van der Waals surface area contributed by atoms with Crippen molar-refractivity contribution < 1.29 is 14.3 Å². The highest BCUT2D eigenvalue weighted by Gasteiger charge is 2.37. The number of piperazine rings is 1. The summed E-state index contributed by atoms with van der Waals surface area (Å²) in [7, 11) is 0. The molecule has 3 unspecified atom stereocenters. The molecule has 1 aliphatic carbocycles. The van der Waals surface area contributed by atoms with Gasteiger partial charge in [0.05, 0.1) is 12.5 Å². The molecule has 2 amide bonds. The molecule has 0 spiro atoms. The number of carbonyl (C=O) groups is 2. The summed E-state index contributed by atoms with van der Waals surface area (Å²) in [6.45, 7) is 6.54. The standard InChI is InChI=1S/C15H27N3O3/c1-3-21-15(20)18-9-7-17(8-10-18)14(19)13-11(2)5-4-6-12(13)16/h11-13H,3-10,16H2,1-2H3. The monoisotopic (exact) mass is 297 g/mol. The summed E-state index contributed by atoms with van der Waals surface area (Å²) in [5.41, 5.74) is 6.16. The van der Waals surface area contributed by atoms with Crippen LogP contribution < -0.4 is 5.73 Å². The molecule has 3 atom stereocenters. The molecule has 6 heteroatoms. The van der Waals surface area contributed by atoms with Gasteiger partial charge in [0, 0.05) is 32.2 Å². The van der Waals surface area contributed by atoms with Crippen molar-refractivity contribution in [2.45, 2.75) is 39.2 Å². The third kappa shape index (κ3) is 3.67. The largest absolute Gasteiger partial charge is 0.450 e. The first-order valence-corrected chi connectivity index (χ1v) is 8.00. The van der Waals surface area contributed by atoms with E-state index in [1.807, 2.05) is 4.90 Å². The van der Waals surface area contributed by atoms with Crippen LogP contribution in [0.5, 0.6) is 0 Å². The van der Waals surface area contributed by atoms with Crippen molar-refractivity contribution >= 4 is 12.0 Å². The topological polar surface area (TPSA) is 75.9 Å². The summed E-state index contributed by atoms with van der Waals surface area (Å²) in [5, 5.41) is 0. The van der Waals surface area contributed by atoms with E-state index in [4.69, 9.17) is 10.5 Å². The highest BCUT2D eigenvalue weighted by atomic mass is 16.6. The predicted octanol–water partition coefficient (Wildman–Crippen LogP) is 1.05. The molecule has 0 aromatic rings. The van der Waals surface area contributed by atoms with E-state index in [-0.39, 0.29) is 24.0 Å². The second-order valence-electron chi connectivity index (χ2n) is 6.11. The summed E-state index contributed by atoms with van der Waals surface area (Å²) in [4.78, 5) is 27.9. The first kappa shape index (κ1) is 16.1. The summed E-state index contributed by atoms with van der Waals surface area (Å²) >= 11 is 0. The normalized spacial score (nSPS) is 30.1. The van der Waals surface area contributed by atoms with E-state index in [9.17, 15) is 9.59 Å². The maximum absolute atomic E-state index is 12.7. The molecule has 0 bridgehead atoms. The molecule has 1 saturated heterocycles. The van der Waals surface area contributed by atoms with Gasteiger partial charge in [0.25, 0.3) is 0 Å². The van der Waals surface area contributed by atoms with Gasteiger partial charge in [-0.1, -0.05) is 13.3 Å². The van der Waals surface area contributed by atoms with Crippen LogP contribution in [0.25, 0.3) is 0 Å². The van der Waals surface area contributed by atoms with Crippen molar-refractivity contribution in [2.24, 2.45) is 17.6 Å². The average Bonchev–Trinajstić information content (AvgIpc) is 2.47. The molecule has 0 radical (unpaired) electrons. The summed E-state index contributed by atoms with van der Waals surface area (Å²) in [6, 6.07) is -0.0238. The quantitative estimate of drug-likeness (QED) is 0.826. The Labute approximate surface area is 126 Å². The van der Waals surface area contributed by atoms with Crippen LogP contribution in [0.2, 0.25) is 0 Å². The molecule has 2 rings (SSSR count). The molecular weight excluding hydrogens is 270 g/mol. The molecule has 1 saturated carbocycles. The maximum atomic E-state index is 12.7. The van der Waals surface area contributed by atoms with Crippen molar-refractivity contribution in [3.8, 4) is 0 Å². The van der Waals surface area contributed by atoms with Gasteiger partial charge in [-0.25, -0.2) is 4.79 Å². The molecule has 1 heterocycles. The van der Waals surface area contributed by atoms with Gasteiger partial charge in [0.1, 0.15) is 0 Å². The third-order valence-corrected chi connectivity index (χ3v) is 4.67. The van der Waals surface area contributed by atoms with Gasteiger partial charge in [0.15, 0.2) is 0 Å². The van der Waals surface area contributed by atoms with Crippen molar-refractivity contribution in [2.75, 3.05) is 32.8 Å². The van der Waals surface area contributed by atoms with Crippen LogP contribution in [-0.4, -0.2) is 60.6 Å². The Hall–Kier alpha value is -1.30. The molecule has 120 valence electrons. The van der Waals surface area contributed by atoms with Gasteiger partial charge < -0.3 is 20.3 Å². The highest BCUT2D eigenvalue weighted by Crippen LogP contribution is 2.30. The minimum absolute atomic E-state index is 0.0238. The Morgan fingerprint density at radius 3 is 2.33 bits per heavy atom. The first-order valence-electron chi connectivity index (χ1n) is 8.00. The van der Waals surface area contributed by atoms with E-state index in [1.54, 1.807) is 11.8 Å². The Kier molecular flexibility index (Phi) is 5.45. The van der Waals surface area contributed by atoms with Crippen LogP contribution in [0.3, 0.4) is 0 Å².